The molecule has 1 aliphatic rings. The summed E-state index contributed by atoms with van der Waals surface area (Å²) in [5, 5.41) is 0. The van der Waals surface area contributed by atoms with Crippen LogP contribution in [-0.2, 0) is 0 Å². The van der Waals surface area contributed by atoms with Crippen LogP contribution in [0.4, 0.5) is 0 Å². The fourth-order valence-electron chi connectivity index (χ4n) is 1.99. The van der Waals surface area contributed by atoms with E-state index in [1.807, 2.05) is 36.4 Å². The molecule has 18 heavy (non-hydrogen) atoms. The molecule has 2 aromatic rings. The molecule has 0 fully saturated rings. The van der Waals surface area contributed by atoms with Crippen molar-refractivity contribution in [2.75, 3.05) is 13.7 Å². The van der Waals surface area contributed by atoms with Crippen molar-refractivity contribution in [1.29, 1.82) is 0 Å². The zero-order chi connectivity index (χ0) is 12.4. The molecule has 0 atom stereocenters. The topological polar surface area (TPSA) is 34.7 Å². The fourth-order valence-corrected chi connectivity index (χ4v) is 1.99. The average Bonchev–Trinajstić information content (AvgIpc) is 3.09. The van der Waals surface area contributed by atoms with Crippen LogP contribution >= 0.6 is 0 Å². The minimum atomic E-state index is 0.667. The van der Waals surface area contributed by atoms with Gasteiger partial charge in [-0.15, -0.1) is 0 Å². The van der Waals surface area contributed by atoms with E-state index in [1.165, 1.54) is 0 Å². The van der Waals surface area contributed by atoms with Gasteiger partial charge < -0.3 is 9.15 Å². The molecule has 2 heterocycles. The molecule has 0 saturated heterocycles. The Morgan fingerprint density at radius 3 is 2.94 bits per heavy atom. The van der Waals surface area contributed by atoms with Crippen LogP contribution in [-0.4, -0.2) is 19.4 Å². The second kappa shape index (κ2) is 4.53. The van der Waals surface area contributed by atoms with Crippen LogP contribution in [0.3, 0.4) is 0 Å². The minimum absolute atomic E-state index is 0.667. The highest BCUT2D eigenvalue weighted by molar-refractivity contribution is 6.14. The molecule has 0 bridgehead atoms. The Balaban J connectivity index is 1.90. The first kappa shape index (κ1) is 10.8. The predicted molar refractivity (Wildman–Crippen MR) is 71.1 cm³/mol. The Bertz CT molecular complexity index is 609. The van der Waals surface area contributed by atoms with Crippen molar-refractivity contribution < 1.29 is 9.15 Å². The van der Waals surface area contributed by atoms with Gasteiger partial charge in [0.05, 0.1) is 25.6 Å². The third-order valence-electron chi connectivity index (χ3n) is 2.93. The molecule has 0 N–H and O–H groups in total. The molecule has 1 aromatic heterocycles. The Hall–Kier alpha value is -2.29. The van der Waals surface area contributed by atoms with Gasteiger partial charge in [-0.3, -0.25) is 4.99 Å². The lowest BCUT2D eigenvalue weighted by atomic mass is 10.1. The zero-order valence-electron chi connectivity index (χ0n) is 10.1. The van der Waals surface area contributed by atoms with Gasteiger partial charge in [-0.1, -0.05) is 12.1 Å². The SMILES string of the molecule is COc1cccc(C2=NCC(c3ccco3)=C2)c1. The highest BCUT2D eigenvalue weighted by Gasteiger charge is 2.13. The van der Waals surface area contributed by atoms with Gasteiger partial charge in [-0.05, 0) is 30.3 Å². The van der Waals surface area contributed by atoms with Crippen molar-refractivity contribution in [2.24, 2.45) is 4.99 Å². The zero-order valence-corrected chi connectivity index (χ0v) is 10.1. The van der Waals surface area contributed by atoms with Gasteiger partial charge in [-0.25, -0.2) is 0 Å². The van der Waals surface area contributed by atoms with Crippen molar-refractivity contribution in [2.45, 2.75) is 0 Å². The first-order valence-electron chi connectivity index (χ1n) is 5.80. The lowest BCUT2D eigenvalue weighted by Gasteiger charge is -2.02. The predicted octanol–water partition coefficient (Wildman–Crippen LogP) is 3.17. The van der Waals surface area contributed by atoms with Gasteiger partial charge in [0.2, 0.25) is 0 Å². The maximum atomic E-state index is 5.38. The van der Waals surface area contributed by atoms with E-state index in [0.717, 1.165) is 28.4 Å². The molecular weight excluding hydrogens is 226 g/mol. The van der Waals surface area contributed by atoms with Crippen LogP contribution in [0.25, 0.3) is 5.57 Å². The first-order chi connectivity index (χ1) is 8.86. The number of aliphatic imine (C=N–C) groups is 1. The number of hydrogen-bond donors (Lipinski definition) is 0. The number of allylic oxidation sites excluding steroid dienone is 1. The lowest BCUT2D eigenvalue weighted by molar-refractivity contribution is 0.414. The molecule has 1 aliphatic heterocycles. The van der Waals surface area contributed by atoms with Crippen molar-refractivity contribution in [1.82, 2.24) is 0 Å². The second-order valence-corrected chi connectivity index (χ2v) is 4.08. The maximum Gasteiger partial charge on any atom is 0.131 e. The molecule has 0 amide bonds. The number of furan rings is 1. The molecule has 0 radical (unpaired) electrons. The number of nitrogens with zero attached hydrogens (tertiary/aromatic N) is 1. The highest BCUT2D eigenvalue weighted by atomic mass is 16.5. The van der Waals surface area contributed by atoms with E-state index in [1.54, 1.807) is 13.4 Å². The van der Waals surface area contributed by atoms with Crippen molar-refractivity contribution >= 4 is 11.3 Å². The lowest BCUT2D eigenvalue weighted by Crippen LogP contribution is -1.94. The quantitative estimate of drug-likeness (QED) is 0.824. The molecule has 3 heteroatoms. The van der Waals surface area contributed by atoms with Crippen LogP contribution in [0.2, 0.25) is 0 Å². The highest BCUT2D eigenvalue weighted by Crippen LogP contribution is 2.23. The van der Waals surface area contributed by atoms with E-state index < -0.39 is 0 Å². The molecule has 0 aliphatic carbocycles. The van der Waals surface area contributed by atoms with Crippen LogP contribution in [0.1, 0.15) is 11.3 Å². The average molecular weight is 239 g/mol. The summed E-state index contributed by atoms with van der Waals surface area (Å²) in [6, 6.07) is 11.8. The number of ether oxygens (including phenoxy) is 1. The third kappa shape index (κ3) is 1.95. The third-order valence-corrected chi connectivity index (χ3v) is 2.93. The normalized spacial score (nSPS) is 14.3. The Morgan fingerprint density at radius 2 is 2.17 bits per heavy atom. The fraction of sp³-hybridized carbons (Fsp3) is 0.133. The standard InChI is InChI=1S/C15H13NO2/c1-17-13-5-2-4-11(8-13)14-9-12(10-16-14)15-6-3-7-18-15/h2-9H,10H2,1H3. The largest absolute Gasteiger partial charge is 0.497 e. The van der Waals surface area contributed by atoms with E-state index in [0.29, 0.717) is 6.54 Å². The van der Waals surface area contributed by atoms with E-state index in [4.69, 9.17) is 9.15 Å². The van der Waals surface area contributed by atoms with Gasteiger partial charge in [0.1, 0.15) is 11.5 Å². The summed E-state index contributed by atoms with van der Waals surface area (Å²) in [5.74, 6) is 1.73. The summed E-state index contributed by atoms with van der Waals surface area (Å²) >= 11 is 0. The van der Waals surface area contributed by atoms with Gasteiger partial charge in [0.15, 0.2) is 0 Å². The molecule has 0 spiro atoms. The van der Waals surface area contributed by atoms with Crippen molar-refractivity contribution in [3.05, 3.63) is 60.1 Å². The molecule has 0 unspecified atom stereocenters. The monoisotopic (exact) mass is 239 g/mol. The van der Waals surface area contributed by atoms with E-state index in [-0.39, 0.29) is 0 Å². The molecule has 3 nitrogen and oxygen atoms in total. The Labute approximate surface area is 105 Å². The smallest absolute Gasteiger partial charge is 0.131 e. The summed E-state index contributed by atoms with van der Waals surface area (Å²) in [7, 11) is 1.67. The number of benzene rings is 1. The van der Waals surface area contributed by atoms with Crippen LogP contribution in [0.5, 0.6) is 5.75 Å². The number of hydrogen-bond acceptors (Lipinski definition) is 3. The minimum Gasteiger partial charge on any atom is -0.497 e. The summed E-state index contributed by atoms with van der Waals surface area (Å²) < 4.78 is 10.6. The van der Waals surface area contributed by atoms with Crippen molar-refractivity contribution in [3.63, 3.8) is 0 Å². The second-order valence-electron chi connectivity index (χ2n) is 4.08. The van der Waals surface area contributed by atoms with Crippen LogP contribution in [0, 0.1) is 0 Å². The first-order valence-corrected chi connectivity index (χ1v) is 5.80. The summed E-state index contributed by atoms with van der Waals surface area (Å²) in [6.45, 7) is 0.667. The van der Waals surface area contributed by atoms with E-state index >= 15 is 0 Å². The molecular formula is C15H13NO2. The molecule has 3 rings (SSSR count). The van der Waals surface area contributed by atoms with Crippen molar-refractivity contribution in [3.8, 4) is 5.75 Å². The summed E-state index contributed by atoms with van der Waals surface area (Å²) in [6.07, 6.45) is 3.74. The summed E-state index contributed by atoms with van der Waals surface area (Å²) in [5.41, 5.74) is 3.15. The van der Waals surface area contributed by atoms with Gasteiger partial charge >= 0.3 is 0 Å². The number of methoxy groups -OCH3 is 1. The maximum absolute atomic E-state index is 5.38. The number of rotatable bonds is 3. The molecule has 0 saturated carbocycles. The Kier molecular flexibility index (Phi) is 2.73. The molecule has 90 valence electrons. The van der Waals surface area contributed by atoms with E-state index in [2.05, 4.69) is 11.1 Å². The van der Waals surface area contributed by atoms with Gasteiger partial charge in [0, 0.05) is 11.1 Å². The van der Waals surface area contributed by atoms with E-state index in [9.17, 15) is 0 Å². The van der Waals surface area contributed by atoms with Gasteiger partial charge in [0.25, 0.3) is 0 Å². The summed E-state index contributed by atoms with van der Waals surface area (Å²) in [4.78, 5) is 4.53. The van der Waals surface area contributed by atoms with Crippen LogP contribution < -0.4 is 4.74 Å². The van der Waals surface area contributed by atoms with Crippen LogP contribution in [0.15, 0.2) is 58.1 Å². The Morgan fingerprint density at radius 1 is 1.22 bits per heavy atom. The van der Waals surface area contributed by atoms with Gasteiger partial charge in [-0.2, -0.15) is 0 Å². The molecule has 1 aromatic carbocycles.